The summed E-state index contributed by atoms with van der Waals surface area (Å²) in [5, 5.41) is 19.2. The summed E-state index contributed by atoms with van der Waals surface area (Å²) in [7, 11) is 1.91. The van der Waals surface area contributed by atoms with Crippen LogP contribution in [0.5, 0.6) is 0 Å². The van der Waals surface area contributed by atoms with Crippen molar-refractivity contribution in [2.75, 3.05) is 25.1 Å². The molecule has 1 aliphatic carbocycles. The van der Waals surface area contributed by atoms with Gasteiger partial charge in [0, 0.05) is 43.4 Å². The van der Waals surface area contributed by atoms with Gasteiger partial charge in [0.25, 0.3) is 0 Å². The van der Waals surface area contributed by atoms with Crippen molar-refractivity contribution < 1.29 is 5.11 Å². The second-order valence-corrected chi connectivity index (χ2v) is 8.57. The monoisotopic (exact) mass is 413 g/mol. The van der Waals surface area contributed by atoms with E-state index in [1.54, 1.807) is 0 Å². The standard InChI is InChI=1S/C25H27N5O/c1-29(11-12-31)24-14-20(25-19(9-10-27-25)21(24)15-26)17-7-8-23-22(13-17)28-16-30(23)18-5-3-2-4-6-18/h7-8,10,13-14,16,18,31H,2-6,9,11-12H2,1H3. The molecule has 0 amide bonds. The molecule has 1 aromatic heterocycles. The largest absolute Gasteiger partial charge is 0.395 e. The number of nitrogens with zero attached hydrogens (tertiary/aromatic N) is 5. The molecule has 0 spiro atoms. The predicted octanol–water partition coefficient (Wildman–Crippen LogP) is 4.77. The lowest BCUT2D eigenvalue weighted by molar-refractivity contribution is 0.304. The molecule has 0 unspecified atom stereocenters. The molecule has 158 valence electrons. The number of rotatable bonds is 5. The Hall–Kier alpha value is -3.17. The summed E-state index contributed by atoms with van der Waals surface area (Å²) in [6.45, 7) is 0.507. The van der Waals surface area contributed by atoms with Crippen LogP contribution in [0.3, 0.4) is 0 Å². The van der Waals surface area contributed by atoms with Gasteiger partial charge in [-0.2, -0.15) is 5.26 Å². The lowest BCUT2D eigenvalue weighted by atomic mass is 9.93. The van der Waals surface area contributed by atoms with E-state index < -0.39 is 0 Å². The zero-order valence-corrected chi connectivity index (χ0v) is 17.9. The maximum Gasteiger partial charge on any atom is 0.102 e. The fourth-order valence-corrected chi connectivity index (χ4v) is 5.05. The van der Waals surface area contributed by atoms with Gasteiger partial charge in [-0.25, -0.2) is 4.98 Å². The molecule has 0 bridgehead atoms. The van der Waals surface area contributed by atoms with Gasteiger partial charge >= 0.3 is 0 Å². The third-order valence-electron chi connectivity index (χ3n) is 6.71. The molecule has 0 radical (unpaired) electrons. The molecule has 1 N–H and O–H groups in total. The molecule has 2 aromatic carbocycles. The average Bonchev–Trinajstić information content (AvgIpc) is 3.45. The Labute approximate surface area is 182 Å². The first kappa shape index (κ1) is 19.8. The molecule has 31 heavy (non-hydrogen) atoms. The summed E-state index contributed by atoms with van der Waals surface area (Å²) in [4.78, 5) is 11.3. The van der Waals surface area contributed by atoms with Crippen LogP contribution in [-0.4, -0.2) is 41.1 Å². The number of likely N-dealkylation sites (N-methyl/N-ethyl adjacent to an activating group) is 1. The van der Waals surface area contributed by atoms with Crippen molar-refractivity contribution in [3.05, 3.63) is 41.7 Å². The van der Waals surface area contributed by atoms with E-state index in [9.17, 15) is 10.4 Å². The molecule has 1 saturated carbocycles. The van der Waals surface area contributed by atoms with Gasteiger partial charge in [0.1, 0.15) is 6.07 Å². The van der Waals surface area contributed by atoms with Gasteiger partial charge in [0.2, 0.25) is 0 Å². The normalized spacial score (nSPS) is 15.9. The zero-order valence-electron chi connectivity index (χ0n) is 17.9. The second kappa shape index (κ2) is 8.16. The van der Waals surface area contributed by atoms with Crippen LogP contribution in [0.2, 0.25) is 0 Å². The fourth-order valence-electron chi connectivity index (χ4n) is 5.05. The number of aromatic nitrogens is 2. The van der Waals surface area contributed by atoms with E-state index in [1.165, 1.54) is 37.6 Å². The molecule has 0 saturated heterocycles. The maximum atomic E-state index is 9.82. The Bertz CT molecular complexity index is 1200. The number of benzene rings is 2. The molecule has 6 heteroatoms. The molecule has 5 rings (SSSR count). The summed E-state index contributed by atoms with van der Waals surface area (Å²) < 4.78 is 2.35. The number of aliphatic hydroxyl groups is 1. The minimum absolute atomic E-state index is 0.0366. The predicted molar refractivity (Wildman–Crippen MR) is 124 cm³/mol. The lowest BCUT2D eigenvalue weighted by Gasteiger charge is -2.24. The molecular formula is C25H27N5O. The van der Waals surface area contributed by atoms with Gasteiger partial charge in [-0.1, -0.05) is 25.3 Å². The number of anilines is 1. The molecule has 6 nitrogen and oxygen atoms in total. The van der Waals surface area contributed by atoms with Crippen LogP contribution in [0.4, 0.5) is 11.4 Å². The van der Waals surface area contributed by atoms with E-state index in [1.807, 2.05) is 30.6 Å². The number of nitriles is 1. The van der Waals surface area contributed by atoms with Crippen molar-refractivity contribution in [2.24, 2.45) is 4.99 Å². The average molecular weight is 414 g/mol. The minimum atomic E-state index is 0.0366. The first-order chi connectivity index (χ1) is 15.2. The number of hydrogen-bond donors (Lipinski definition) is 1. The van der Waals surface area contributed by atoms with Crippen LogP contribution in [0.1, 0.15) is 49.3 Å². The summed E-state index contributed by atoms with van der Waals surface area (Å²) >= 11 is 0. The Kier molecular flexibility index (Phi) is 5.21. The lowest BCUT2D eigenvalue weighted by Crippen LogP contribution is -2.22. The first-order valence-electron chi connectivity index (χ1n) is 11.1. The number of aliphatic hydroxyl groups excluding tert-OH is 1. The van der Waals surface area contributed by atoms with Gasteiger partial charge < -0.3 is 14.6 Å². The van der Waals surface area contributed by atoms with E-state index >= 15 is 0 Å². The third-order valence-corrected chi connectivity index (χ3v) is 6.71. The number of hydrogen-bond acceptors (Lipinski definition) is 5. The van der Waals surface area contributed by atoms with Crippen LogP contribution in [0, 0.1) is 11.3 Å². The highest BCUT2D eigenvalue weighted by molar-refractivity contribution is 5.94. The molecule has 3 aromatic rings. The Morgan fingerprint density at radius 2 is 2.06 bits per heavy atom. The molecular weight excluding hydrogens is 386 g/mol. The highest BCUT2D eigenvalue weighted by Crippen LogP contribution is 2.43. The second-order valence-electron chi connectivity index (χ2n) is 8.57. The summed E-state index contributed by atoms with van der Waals surface area (Å²) in [6, 6.07) is 11.4. The molecule has 0 atom stereocenters. The molecule has 1 fully saturated rings. The van der Waals surface area contributed by atoms with E-state index in [0.29, 0.717) is 24.6 Å². The highest BCUT2D eigenvalue weighted by Gasteiger charge is 2.23. The fraction of sp³-hybridized carbons (Fsp3) is 0.400. The van der Waals surface area contributed by atoms with Gasteiger partial charge in [-0.15, -0.1) is 0 Å². The Morgan fingerprint density at radius 1 is 1.23 bits per heavy atom. The summed E-state index contributed by atoms with van der Waals surface area (Å²) in [6.07, 6.45) is 10.9. The number of imidazole rings is 1. The van der Waals surface area contributed by atoms with Crippen molar-refractivity contribution in [1.82, 2.24) is 9.55 Å². The third kappa shape index (κ3) is 3.39. The van der Waals surface area contributed by atoms with Crippen LogP contribution in [0.15, 0.2) is 35.6 Å². The maximum absolute atomic E-state index is 9.82. The first-order valence-corrected chi connectivity index (χ1v) is 11.1. The van der Waals surface area contributed by atoms with E-state index in [2.05, 4.69) is 33.8 Å². The summed E-state index contributed by atoms with van der Waals surface area (Å²) in [5.74, 6) is 0. The van der Waals surface area contributed by atoms with Gasteiger partial charge in [0.05, 0.1) is 40.9 Å². The molecule has 2 aliphatic rings. The van der Waals surface area contributed by atoms with Crippen molar-refractivity contribution in [3.63, 3.8) is 0 Å². The SMILES string of the molecule is CN(CCO)c1cc(-c2ccc3c(c2)ncn3C2CCCCC2)c2c(c1C#N)CC=N2. The van der Waals surface area contributed by atoms with Crippen LogP contribution >= 0.6 is 0 Å². The van der Waals surface area contributed by atoms with Crippen molar-refractivity contribution in [3.8, 4) is 17.2 Å². The Balaban J connectivity index is 1.61. The molecule has 2 heterocycles. The van der Waals surface area contributed by atoms with E-state index in [4.69, 9.17) is 4.98 Å². The topological polar surface area (TPSA) is 77.4 Å². The number of fused-ring (bicyclic) bond motifs is 2. The quantitative estimate of drug-likeness (QED) is 0.654. The Morgan fingerprint density at radius 3 is 2.84 bits per heavy atom. The van der Waals surface area contributed by atoms with Crippen molar-refractivity contribution >= 4 is 28.6 Å². The van der Waals surface area contributed by atoms with E-state index in [-0.39, 0.29) is 6.61 Å². The molecule has 1 aliphatic heterocycles. The smallest absolute Gasteiger partial charge is 0.102 e. The van der Waals surface area contributed by atoms with Gasteiger partial charge in [-0.3, -0.25) is 4.99 Å². The van der Waals surface area contributed by atoms with E-state index in [0.717, 1.165) is 33.6 Å². The highest BCUT2D eigenvalue weighted by atomic mass is 16.3. The zero-order chi connectivity index (χ0) is 21.4. The van der Waals surface area contributed by atoms with Gasteiger partial charge in [0.15, 0.2) is 0 Å². The van der Waals surface area contributed by atoms with Crippen LogP contribution in [0.25, 0.3) is 22.2 Å². The van der Waals surface area contributed by atoms with Crippen LogP contribution < -0.4 is 4.90 Å². The summed E-state index contributed by atoms with van der Waals surface area (Å²) in [5.41, 5.74) is 7.57. The minimum Gasteiger partial charge on any atom is -0.395 e. The van der Waals surface area contributed by atoms with Crippen LogP contribution in [-0.2, 0) is 6.42 Å². The van der Waals surface area contributed by atoms with Crippen molar-refractivity contribution in [1.29, 1.82) is 5.26 Å². The van der Waals surface area contributed by atoms with Crippen molar-refractivity contribution in [2.45, 2.75) is 44.6 Å². The number of aliphatic imine (C=N–C) groups is 1. The van der Waals surface area contributed by atoms with Gasteiger partial charge in [-0.05, 0) is 36.6 Å².